The topological polar surface area (TPSA) is 58.2 Å². The predicted molar refractivity (Wildman–Crippen MR) is 90.4 cm³/mol. The van der Waals surface area contributed by atoms with E-state index in [-0.39, 0.29) is 22.4 Å². The van der Waals surface area contributed by atoms with Crippen molar-refractivity contribution in [2.24, 2.45) is 5.92 Å². The summed E-state index contributed by atoms with van der Waals surface area (Å²) in [5.74, 6) is -0.395. The Morgan fingerprint density at radius 2 is 2.00 bits per heavy atom. The summed E-state index contributed by atoms with van der Waals surface area (Å²) in [4.78, 5) is 24.4. The molecule has 0 aliphatic rings. The average molecular weight is 343 g/mol. The molecule has 0 aliphatic carbocycles. The standard InChI is InChI=1S/C16H20Cl2N2O2/c1-4-7-19-16(22)14(8-10(2)3)20-15(21)12-6-5-11(17)9-13(12)18/h4-6,9-10,14H,1,7-8H2,2-3H3,(H,19,22)(H,20,21). The lowest BCUT2D eigenvalue weighted by molar-refractivity contribution is -0.123. The van der Waals surface area contributed by atoms with Crippen LogP contribution in [0.3, 0.4) is 0 Å². The van der Waals surface area contributed by atoms with Crippen molar-refractivity contribution in [1.29, 1.82) is 0 Å². The minimum absolute atomic E-state index is 0.243. The van der Waals surface area contributed by atoms with Crippen molar-refractivity contribution in [2.75, 3.05) is 6.54 Å². The van der Waals surface area contributed by atoms with E-state index >= 15 is 0 Å². The average Bonchev–Trinajstić information content (AvgIpc) is 2.43. The van der Waals surface area contributed by atoms with E-state index in [4.69, 9.17) is 23.2 Å². The van der Waals surface area contributed by atoms with E-state index < -0.39 is 11.9 Å². The second-order valence-electron chi connectivity index (χ2n) is 5.31. The number of hydrogen-bond donors (Lipinski definition) is 2. The number of hydrogen-bond acceptors (Lipinski definition) is 2. The number of benzene rings is 1. The molecule has 1 aromatic rings. The van der Waals surface area contributed by atoms with Crippen LogP contribution in [0.5, 0.6) is 0 Å². The molecule has 0 spiro atoms. The summed E-state index contributed by atoms with van der Waals surface area (Å²) in [5.41, 5.74) is 0.288. The lowest BCUT2D eigenvalue weighted by Gasteiger charge is -2.20. The van der Waals surface area contributed by atoms with Crippen molar-refractivity contribution in [3.05, 3.63) is 46.5 Å². The molecule has 0 saturated heterocycles. The van der Waals surface area contributed by atoms with E-state index in [9.17, 15) is 9.59 Å². The van der Waals surface area contributed by atoms with Crippen LogP contribution in [0.25, 0.3) is 0 Å². The largest absolute Gasteiger partial charge is 0.351 e. The molecule has 120 valence electrons. The summed E-state index contributed by atoms with van der Waals surface area (Å²) in [6.45, 7) is 7.86. The first-order valence-electron chi connectivity index (χ1n) is 6.99. The second-order valence-corrected chi connectivity index (χ2v) is 6.16. The summed E-state index contributed by atoms with van der Waals surface area (Å²) < 4.78 is 0. The Labute approximate surface area is 140 Å². The van der Waals surface area contributed by atoms with Gasteiger partial charge < -0.3 is 10.6 Å². The first kappa shape index (κ1) is 18.5. The summed E-state index contributed by atoms with van der Waals surface area (Å²) in [7, 11) is 0. The molecule has 0 bridgehead atoms. The van der Waals surface area contributed by atoms with Gasteiger partial charge in [-0.25, -0.2) is 0 Å². The molecule has 1 unspecified atom stereocenters. The van der Waals surface area contributed by atoms with Crippen LogP contribution in [-0.2, 0) is 4.79 Å². The highest BCUT2D eigenvalue weighted by atomic mass is 35.5. The molecular formula is C16H20Cl2N2O2. The van der Waals surface area contributed by atoms with Gasteiger partial charge in [0.05, 0.1) is 10.6 Å². The highest BCUT2D eigenvalue weighted by Gasteiger charge is 2.23. The lowest BCUT2D eigenvalue weighted by Crippen LogP contribution is -2.47. The Bertz CT molecular complexity index is 559. The summed E-state index contributed by atoms with van der Waals surface area (Å²) in [6.07, 6.45) is 2.11. The number of carbonyl (C=O) groups excluding carboxylic acids is 2. The van der Waals surface area contributed by atoms with Gasteiger partial charge in [0.15, 0.2) is 0 Å². The molecule has 2 amide bonds. The highest BCUT2D eigenvalue weighted by molar-refractivity contribution is 6.36. The number of amides is 2. The van der Waals surface area contributed by atoms with Crippen LogP contribution in [0.15, 0.2) is 30.9 Å². The maximum Gasteiger partial charge on any atom is 0.253 e. The Kier molecular flexibility index (Phi) is 7.42. The van der Waals surface area contributed by atoms with Gasteiger partial charge in [-0.15, -0.1) is 6.58 Å². The van der Waals surface area contributed by atoms with E-state index in [1.54, 1.807) is 12.1 Å². The fourth-order valence-electron chi connectivity index (χ4n) is 1.91. The zero-order valence-corrected chi connectivity index (χ0v) is 14.2. The minimum Gasteiger partial charge on any atom is -0.351 e. The van der Waals surface area contributed by atoms with Gasteiger partial charge in [-0.3, -0.25) is 9.59 Å². The first-order valence-corrected chi connectivity index (χ1v) is 7.75. The zero-order chi connectivity index (χ0) is 16.7. The number of nitrogens with one attached hydrogen (secondary N) is 2. The summed E-state index contributed by atoms with van der Waals surface area (Å²) >= 11 is 11.8. The van der Waals surface area contributed by atoms with Gasteiger partial charge in [0, 0.05) is 11.6 Å². The third-order valence-corrected chi connectivity index (χ3v) is 3.47. The molecule has 1 aromatic carbocycles. The Hall–Kier alpha value is -1.52. The summed E-state index contributed by atoms with van der Waals surface area (Å²) in [5, 5.41) is 6.11. The van der Waals surface area contributed by atoms with Gasteiger partial charge in [0.1, 0.15) is 6.04 Å². The van der Waals surface area contributed by atoms with Crippen molar-refractivity contribution in [1.82, 2.24) is 10.6 Å². The minimum atomic E-state index is -0.626. The number of halogens is 2. The summed E-state index contributed by atoms with van der Waals surface area (Å²) in [6, 6.07) is 3.98. The monoisotopic (exact) mass is 342 g/mol. The zero-order valence-electron chi connectivity index (χ0n) is 12.7. The highest BCUT2D eigenvalue weighted by Crippen LogP contribution is 2.21. The molecule has 0 fully saturated rings. The van der Waals surface area contributed by atoms with Crippen LogP contribution >= 0.6 is 23.2 Å². The molecule has 0 saturated carbocycles. The van der Waals surface area contributed by atoms with Gasteiger partial charge in [0.25, 0.3) is 5.91 Å². The molecule has 1 atom stereocenters. The molecule has 4 nitrogen and oxygen atoms in total. The van der Waals surface area contributed by atoms with Crippen LogP contribution in [0.4, 0.5) is 0 Å². The smallest absolute Gasteiger partial charge is 0.253 e. The third-order valence-electron chi connectivity index (χ3n) is 2.93. The molecule has 0 radical (unpaired) electrons. The molecule has 2 N–H and O–H groups in total. The van der Waals surface area contributed by atoms with Crippen molar-refractivity contribution in [3.8, 4) is 0 Å². The van der Waals surface area contributed by atoms with E-state index in [2.05, 4.69) is 17.2 Å². The predicted octanol–water partition coefficient (Wildman–Crippen LogP) is 3.44. The molecule has 1 rings (SSSR count). The van der Waals surface area contributed by atoms with Crippen molar-refractivity contribution < 1.29 is 9.59 Å². The van der Waals surface area contributed by atoms with Gasteiger partial charge in [-0.1, -0.05) is 43.1 Å². The fraction of sp³-hybridized carbons (Fsp3) is 0.375. The van der Waals surface area contributed by atoms with E-state index in [1.165, 1.54) is 12.1 Å². The molecule has 6 heteroatoms. The van der Waals surface area contributed by atoms with E-state index in [1.807, 2.05) is 13.8 Å². The normalized spacial score (nSPS) is 11.9. The van der Waals surface area contributed by atoms with Crippen molar-refractivity contribution in [2.45, 2.75) is 26.3 Å². The van der Waals surface area contributed by atoms with Gasteiger partial charge in [0.2, 0.25) is 5.91 Å². The number of rotatable bonds is 7. The van der Waals surface area contributed by atoms with Crippen molar-refractivity contribution >= 4 is 35.0 Å². The van der Waals surface area contributed by atoms with Gasteiger partial charge >= 0.3 is 0 Å². The van der Waals surface area contributed by atoms with Crippen LogP contribution in [0.2, 0.25) is 10.0 Å². The molecule has 0 aliphatic heterocycles. The van der Waals surface area contributed by atoms with Gasteiger partial charge in [-0.05, 0) is 30.5 Å². The second kappa shape index (κ2) is 8.81. The molecule has 0 heterocycles. The van der Waals surface area contributed by atoms with Crippen molar-refractivity contribution in [3.63, 3.8) is 0 Å². The van der Waals surface area contributed by atoms with Crippen LogP contribution in [0.1, 0.15) is 30.6 Å². The molecular weight excluding hydrogens is 323 g/mol. The molecule has 22 heavy (non-hydrogen) atoms. The Morgan fingerprint density at radius 3 is 2.55 bits per heavy atom. The van der Waals surface area contributed by atoms with E-state index in [0.29, 0.717) is 18.0 Å². The van der Waals surface area contributed by atoms with E-state index in [0.717, 1.165) is 0 Å². The van der Waals surface area contributed by atoms with Crippen LogP contribution in [0, 0.1) is 5.92 Å². The number of carbonyl (C=O) groups is 2. The van der Waals surface area contributed by atoms with Crippen LogP contribution in [-0.4, -0.2) is 24.4 Å². The van der Waals surface area contributed by atoms with Gasteiger partial charge in [-0.2, -0.15) is 0 Å². The lowest BCUT2D eigenvalue weighted by atomic mass is 10.0. The fourth-order valence-corrected chi connectivity index (χ4v) is 2.40. The maximum absolute atomic E-state index is 12.3. The Balaban J connectivity index is 2.85. The maximum atomic E-state index is 12.3. The van der Waals surface area contributed by atoms with Crippen LogP contribution < -0.4 is 10.6 Å². The molecule has 0 aromatic heterocycles. The quantitative estimate of drug-likeness (QED) is 0.745. The first-order chi connectivity index (χ1) is 10.3. The Morgan fingerprint density at radius 1 is 1.32 bits per heavy atom. The third kappa shape index (κ3) is 5.70. The SMILES string of the molecule is C=CCNC(=O)C(CC(C)C)NC(=O)c1ccc(Cl)cc1Cl.